The van der Waals surface area contributed by atoms with Crippen LogP contribution < -0.4 is 21.3 Å². The summed E-state index contributed by atoms with van der Waals surface area (Å²) in [4.78, 5) is 0. The van der Waals surface area contributed by atoms with Crippen molar-refractivity contribution in [3.8, 4) is 0 Å². The number of fused-ring (bicyclic) bond motifs is 2. The minimum atomic E-state index is 0.565. The van der Waals surface area contributed by atoms with Crippen LogP contribution in [-0.2, 0) is 0 Å². The van der Waals surface area contributed by atoms with Gasteiger partial charge in [-0.2, -0.15) is 0 Å². The van der Waals surface area contributed by atoms with E-state index in [2.05, 4.69) is 88.0 Å². The highest BCUT2D eigenvalue weighted by Gasteiger charge is 2.39. The van der Waals surface area contributed by atoms with Gasteiger partial charge >= 0.3 is 0 Å². The van der Waals surface area contributed by atoms with Gasteiger partial charge in [-0.1, -0.05) is 107 Å². The molecule has 4 nitrogen and oxygen atoms in total. The molecule has 8 atom stereocenters. The summed E-state index contributed by atoms with van der Waals surface area (Å²) in [5.74, 6) is 0. The van der Waals surface area contributed by atoms with Crippen LogP contribution in [0.5, 0.6) is 0 Å². The smallest absolute Gasteiger partial charge is 0.111 e. The third-order valence-corrected chi connectivity index (χ3v) is 20.5. The van der Waals surface area contributed by atoms with Crippen LogP contribution in [0.2, 0.25) is 0 Å². The highest BCUT2D eigenvalue weighted by molar-refractivity contribution is 8.80. The molecule has 6 fully saturated rings. The van der Waals surface area contributed by atoms with E-state index in [1.54, 1.807) is 0 Å². The maximum absolute atomic E-state index is 4.10. The van der Waals surface area contributed by atoms with E-state index in [4.69, 9.17) is 0 Å². The minimum Gasteiger partial charge on any atom is -0.313 e. The molecule has 2 heterocycles. The van der Waals surface area contributed by atoms with Crippen molar-refractivity contribution in [2.45, 2.75) is 170 Å². The molecule has 0 aromatic carbocycles. The maximum atomic E-state index is 4.10. The molecular formula is C30H54N4S6. The van der Waals surface area contributed by atoms with Gasteiger partial charge in [0.1, 0.15) is 9.41 Å². The van der Waals surface area contributed by atoms with Gasteiger partial charge < -0.3 is 10.6 Å². The number of nitrogens with one attached hydrogen (secondary N) is 4. The molecule has 4 aliphatic carbocycles. The Kier molecular flexibility index (Phi) is 13.6. The summed E-state index contributed by atoms with van der Waals surface area (Å²) >= 11 is 4.49. The van der Waals surface area contributed by atoms with E-state index in [-0.39, 0.29) is 0 Å². The Hall–Kier alpha value is 1.94. The first-order valence-electron chi connectivity index (χ1n) is 16.7. The molecule has 8 unspecified atom stereocenters. The van der Waals surface area contributed by atoms with Crippen molar-refractivity contribution in [3.05, 3.63) is 0 Å². The Bertz CT molecular complexity index is 651. The van der Waals surface area contributed by atoms with Gasteiger partial charge in [-0.15, -0.1) is 23.5 Å². The monoisotopic (exact) mass is 662 g/mol. The lowest BCUT2D eigenvalue weighted by atomic mass is 9.95. The van der Waals surface area contributed by atoms with Crippen LogP contribution in [0.1, 0.15) is 116 Å². The molecule has 0 radical (unpaired) electrons. The molecule has 40 heavy (non-hydrogen) atoms. The van der Waals surface area contributed by atoms with Crippen molar-refractivity contribution in [2.75, 3.05) is 13.1 Å². The number of hydrogen-bond acceptors (Lipinski definition) is 10. The van der Waals surface area contributed by atoms with Gasteiger partial charge in [0.15, 0.2) is 0 Å². The van der Waals surface area contributed by atoms with Gasteiger partial charge in [0.2, 0.25) is 0 Å². The molecule has 0 spiro atoms. The fourth-order valence-electron chi connectivity index (χ4n) is 7.62. The summed E-state index contributed by atoms with van der Waals surface area (Å²) in [5, 5.41) is 19.2. The van der Waals surface area contributed by atoms with Crippen LogP contribution in [0.15, 0.2) is 0 Å². The molecular weight excluding hydrogens is 609 g/mol. The van der Waals surface area contributed by atoms with Crippen molar-refractivity contribution in [2.24, 2.45) is 0 Å². The van der Waals surface area contributed by atoms with Gasteiger partial charge in [0.05, 0.1) is 0 Å². The first-order valence-corrected chi connectivity index (χ1v) is 23.2. The van der Waals surface area contributed by atoms with Crippen molar-refractivity contribution in [1.82, 2.24) is 21.3 Å². The van der Waals surface area contributed by atoms with Gasteiger partial charge in [0, 0.05) is 58.3 Å². The number of hydrogen-bond donors (Lipinski definition) is 4. The lowest BCUT2D eigenvalue weighted by Crippen LogP contribution is -2.44. The molecule has 230 valence electrons. The molecule has 0 aromatic heterocycles. The van der Waals surface area contributed by atoms with E-state index in [9.17, 15) is 0 Å². The van der Waals surface area contributed by atoms with E-state index in [1.165, 1.54) is 116 Å². The normalized spacial score (nSPS) is 37.2. The maximum Gasteiger partial charge on any atom is 0.111 e. The topological polar surface area (TPSA) is 48.1 Å². The van der Waals surface area contributed by atoms with Crippen LogP contribution in [0, 0.1) is 0 Å². The first kappa shape index (κ1) is 31.9. The highest BCUT2D eigenvalue weighted by atomic mass is 33.1. The molecule has 2 saturated heterocycles. The molecule has 6 rings (SSSR count). The quantitative estimate of drug-likeness (QED) is 0.145. The van der Waals surface area contributed by atoms with Crippen molar-refractivity contribution >= 4 is 66.7 Å². The first-order chi connectivity index (χ1) is 19.8. The van der Waals surface area contributed by atoms with Crippen LogP contribution >= 0.6 is 66.7 Å². The predicted octanol–water partition coefficient (Wildman–Crippen LogP) is 8.19. The van der Waals surface area contributed by atoms with Crippen molar-refractivity contribution in [3.63, 3.8) is 0 Å². The summed E-state index contributed by atoms with van der Waals surface area (Å²) in [6, 6.07) is 3.00. The van der Waals surface area contributed by atoms with Gasteiger partial charge in [-0.05, 0) is 51.4 Å². The fourth-order valence-corrected chi connectivity index (χ4v) is 18.5. The average molecular weight is 663 g/mol. The summed E-state index contributed by atoms with van der Waals surface area (Å²) < 4.78 is 1.13. The molecule has 2 aliphatic heterocycles. The fraction of sp³-hybridized carbons (Fsp3) is 1.00. The number of rotatable bonds is 13. The largest absolute Gasteiger partial charge is 0.313 e. The molecule has 6 aliphatic rings. The average Bonchev–Trinajstić information content (AvgIpc) is 3.62. The lowest BCUT2D eigenvalue weighted by molar-refractivity contribution is 0.362. The zero-order valence-electron chi connectivity index (χ0n) is 24.4. The Labute approximate surface area is 269 Å². The number of thioether (sulfide) groups is 2. The van der Waals surface area contributed by atoms with Crippen molar-refractivity contribution < 1.29 is 0 Å². The van der Waals surface area contributed by atoms with E-state index in [0.29, 0.717) is 19.9 Å². The molecule has 4 saturated carbocycles. The van der Waals surface area contributed by atoms with Gasteiger partial charge in [-0.3, -0.25) is 10.6 Å². The lowest BCUT2D eigenvalue weighted by Gasteiger charge is -2.32. The van der Waals surface area contributed by atoms with E-state index in [1.807, 2.05) is 0 Å². The Morgan fingerprint density at radius 1 is 0.525 bits per heavy atom. The van der Waals surface area contributed by atoms with Crippen LogP contribution in [0.25, 0.3) is 0 Å². The van der Waals surface area contributed by atoms with E-state index in [0.717, 1.165) is 47.8 Å². The van der Waals surface area contributed by atoms with Crippen LogP contribution in [0.3, 0.4) is 0 Å². The zero-order chi connectivity index (χ0) is 27.0. The standard InChI is InChI=1S/C30H54N4S6/c1-3-11-21(12-4-1)31-19-27(37-39-29-33-23-15-7-9-17-25(23)35-29)28(20-32-22-13-5-2-6-14-22)38-40-30-34-24-16-8-10-18-26(24)36-30/h21-34H,1-20H2. The molecule has 4 N–H and O–H groups in total. The summed E-state index contributed by atoms with van der Waals surface area (Å²) in [6.07, 6.45) is 25.4. The van der Waals surface area contributed by atoms with Gasteiger partial charge in [0.25, 0.3) is 0 Å². The summed E-state index contributed by atoms with van der Waals surface area (Å²) in [6.45, 7) is 2.32. The second-order valence-electron chi connectivity index (χ2n) is 13.1. The van der Waals surface area contributed by atoms with Crippen LogP contribution in [-0.4, -0.2) is 67.7 Å². The Morgan fingerprint density at radius 2 is 0.925 bits per heavy atom. The van der Waals surface area contributed by atoms with Crippen LogP contribution in [0.4, 0.5) is 0 Å². The second-order valence-corrected chi connectivity index (χ2v) is 21.6. The third kappa shape index (κ3) is 9.48. The molecule has 0 aromatic rings. The summed E-state index contributed by atoms with van der Waals surface area (Å²) in [7, 11) is 8.77. The van der Waals surface area contributed by atoms with Crippen molar-refractivity contribution in [1.29, 1.82) is 0 Å². The van der Waals surface area contributed by atoms with E-state index >= 15 is 0 Å². The third-order valence-electron chi connectivity index (χ3n) is 10.1. The second kappa shape index (κ2) is 17.0. The Balaban J connectivity index is 1.08. The van der Waals surface area contributed by atoms with Gasteiger partial charge in [-0.25, -0.2) is 0 Å². The molecule has 0 bridgehead atoms. The molecule has 0 amide bonds. The predicted molar refractivity (Wildman–Crippen MR) is 189 cm³/mol. The highest BCUT2D eigenvalue weighted by Crippen LogP contribution is 2.50. The van der Waals surface area contributed by atoms with E-state index < -0.39 is 0 Å². The minimum absolute atomic E-state index is 0.565. The summed E-state index contributed by atoms with van der Waals surface area (Å²) in [5.41, 5.74) is 0. The Morgan fingerprint density at radius 3 is 1.35 bits per heavy atom. The molecule has 10 heteroatoms. The zero-order valence-corrected chi connectivity index (χ0v) is 29.3. The SMILES string of the molecule is C1CCC(NCC(SSC2NC3CCCCC3S2)C(CNC2CCCCC2)SSC2NC3CCCCC3S2)CC1.